The van der Waals surface area contributed by atoms with E-state index in [1.165, 1.54) is 6.08 Å². The summed E-state index contributed by atoms with van der Waals surface area (Å²) in [6.07, 6.45) is 2.24. The first-order chi connectivity index (χ1) is 17.5. The molecule has 0 aliphatic carbocycles. The van der Waals surface area contributed by atoms with Gasteiger partial charge in [-0.3, -0.25) is 9.59 Å². The molecule has 1 aliphatic rings. The summed E-state index contributed by atoms with van der Waals surface area (Å²) in [5.74, 6) is -0.601. The minimum absolute atomic E-state index is 0.0373. The van der Waals surface area contributed by atoms with Crippen molar-refractivity contribution in [1.82, 2.24) is 10.2 Å². The van der Waals surface area contributed by atoms with E-state index in [1.54, 1.807) is 42.5 Å². The van der Waals surface area contributed by atoms with Gasteiger partial charge in [-0.25, -0.2) is 9.69 Å². The Morgan fingerprint density at radius 2 is 1.72 bits per heavy atom. The number of ether oxygens (including phenoxy) is 1. The highest BCUT2D eigenvalue weighted by molar-refractivity contribution is 6.16. The molecule has 0 unspecified atom stereocenters. The number of anilines is 1. The van der Waals surface area contributed by atoms with E-state index in [0.717, 1.165) is 22.4 Å². The number of amides is 4. The lowest BCUT2D eigenvalue weighted by molar-refractivity contribution is -0.127. The number of nitriles is 1. The van der Waals surface area contributed by atoms with Crippen LogP contribution in [-0.4, -0.2) is 29.3 Å². The molecule has 0 radical (unpaired) electrons. The third-order valence-electron chi connectivity index (χ3n) is 5.68. The Balaban J connectivity index is 1.47. The van der Waals surface area contributed by atoms with E-state index in [9.17, 15) is 19.6 Å². The van der Waals surface area contributed by atoms with E-state index in [-0.39, 0.29) is 12.3 Å². The number of para-hydroxylation sites is 2. The first kappa shape index (κ1) is 24.2. The molecule has 4 amide bonds. The highest BCUT2D eigenvalue weighted by Gasteiger charge is 2.35. The van der Waals surface area contributed by atoms with E-state index in [4.69, 9.17) is 4.74 Å². The molecule has 0 bridgehead atoms. The maximum absolute atomic E-state index is 12.9. The second-order valence-electron chi connectivity index (χ2n) is 8.03. The van der Waals surface area contributed by atoms with Crippen LogP contribution in [0.3, 0.4) is 0 Å². The molecule has 36 heavy (non-hydrogen) atoms. The first-order valence-corrected chi connectivity index (χ1v) is 11.4. The fourth-order valence-electron chi connectivity index (χ4n) is 3.80. The Morgan fingerprint density at radius 3 is 2.50 bits per heavy atom. The van der Waals surface area contributed by atoms with Gasteiger partial charge < -0.3 is 15.4 Å². The number of aryl methyl sites for hydroxylation is 1. The molecule has 0 aromatic heterocycles. The number of hydrogen-bond donors (Lipinski definition) is 2. The second kappa shape index (κ2) is 11.0. The van der Waals surface area contributed by atoms with E-state index in [0.29, 0.717) is 22.6 Å². The van der Waals surface area contributed by atoms with Crippen LogP contribution in [0.5, 0.6) is 5.75 Å². The van der Waals surface area contributed by atoms with Crippen molar-refractivity contribution in [2.75, 3.05) is 11.9 Å². The molecule has 0 saturated carbocycles. The van der Waals surface area contributed by atoms with Crippen molar-refractivity contribution in [3.05, 3.63) is 101 Å². The summed E-state index contributed by atoms with van der Waals surface area (Å²) in [4.78, 5) is 38.8. The van der Waals surface area contributed by atoms with Crippen LogP contribution in [0.4, 0.5) is 10.5 Å². The molecule has 1 fully saturated rings. The molecule has 8 heteroatoms. The maximum Gasteiger partial charge on any atom is 0.329 e. The van der Waals surface area contributed by atoms with Crippen molar-refractivity contribution in [3.8, 4) is 11.8 Å². The topological polar surface area (TPSA) is 112 Å². The molecule has 1 aliphatic heterocycles. The predicted octanol–water partition coefficient (Wildman–Crippen LogP) is 4.23. The van der Waals surface area contributed by atoms with Gasteiger partial charge in [0.2, 0.25) is 5.91 Å². The summed E-state index contributed by atoms with van der Waals surface area (Å²) < 4.78 is 5.92. The van der Waals surface area contributed by atoms with Crippen molar-refractivity contribution < 1.29 is 19.1 Å². The molecule has 0 spiro atoms. The Kier molecular flexibility index (Phi) is 7.42. The van der Waals surface area contributed by atoms with Crippen LogP contribution in [-0.2, 0) is 22.6 Å². The third-order valence-corrected chi connectivity index (χ3v) is 5.68. The van der Waals surface area contributed by atoms with Gasteiger partial charge in [0.1, 0.15) is 24.6 Å². The van der Waals surface area contributed by atoms with Crippen LogP contribution in [0.1, 0.15) is 29.2 Å². The van der Waals surface area contributed by atoms with Crippen LogP contribution >= 0.6 is 0 Å². The number of nitrogens with one attached hydrogen (secondary N) is 2. The van der Waals surface area contributed by atoms with Crippen LogP contribution in [0.2, 0.25) is 0 Å². The molecular formula is C28H24N4O4. The van der Waals surface area contributed by atoms with Gasteiger partial charge in [-0.15, -0.1) is 0 Å². The molecule has 180 valence electrons. The lowest BCUT2D eigenvalue weighted by Crippen LogP contribution is -2.38. The smallest absolute Gasteiger partial charge is 0.329 e. The fraction of sp³-hybridized carbons (Fsp3) is 0.143. The van der Waals surface area contributed by atoms with Crippen LogP contribution in [0.15, 0.2) is 78.5 Å². The van der Waals surface area contributed by atoms with E-state index in [1.807, 2.05) is 37.3 Å². The van der Waals surface area contributed by atoms with E-state index < -0.39 is 24.4 Å². The normalized spacial score (nSPS) is 13.9. The largest absolute Gasteiger partial charge is 0.488 e. The van der Waals surface area contributed by atoms with Gasteiger partial charge in [-0.2, -0.15) is 5.26 Å². The molecular weight excluding hydrogens is 456 g/mol. The summed E-state index contributed by atoms with van der Waals surface area (Å²) in [5.41, 5.74) is 3.46. The number of hydrogen-bond acceptors (Lipinski definition) is 5. The number of rotatable bonds is 8. The van der Waals surface area contributed by atoms with Crippen molar-refractivity contribution in [1.29, 1.82) is 5.26 Å². The molecule has 1 saturated heterocycles. The van der Waals surface area contributed by atoms with Gasteiger partial charge >= 0.3 is 6.03 Å². The van der Waals surface area contributed by atoms with Gasteiger partial charge in [0.25, 0.3) is 5.91 Å². The average Bonchev–Trinajstić information content (AvgIpc) is 3.15. The summed E-state index contributed by atoms with van der Waals surface area (Å²) in [6, 6.07) is 23.0. The molecule has 0 atom stereocenters. The number of carbonyl (C=O) groups excluding carboxylic acids is 3. The molecule has 1 heterocycles. The quantitative estimate of drug-likeness (QED) is 0.370. The van der Waals surface area contributed by atoms with Gasteiger partial charge in [0, 0.05) is 16.8 Å². The lowest BCUT2D eigenvalue weighted by Gasteiger charge is -2.13. The van der Waals surface area contributed by atoms with Gasteiger partial charge in [0.05, 0.1) is 11.6 Å². The molecule has 3 aromatic carbocycles. The van der Waals surface area contributed by atoms with Crippen LogP contribution in [0, 0.1) is 11.3 Å². The van der Waals surface area contributed by atoms with Crippen molar-refractivity contribution in [2.45, 2.75) is 20.0 Å². The standard InChI is InChI=1S/C28H24N4O4/c1-2-19-9-5-7-13-23(19)30-26(33)17-32-27(34)24(31-28(32)35)15-20-10-6-8-14-25(20)36-18-22-12-4-3-11-21(22)16-29/h3-15H,2,17-18H2,1H3,(H,30,33)(H,31,35)/b24-15+. The Hall–Kier alpha value is -4.90. The summed E-state index contributed by atoms with van der Waals surface area (Å²) in [5, 5.41) is 14.6. The minimum atomic E-state index is -0.675. The zero-order chi connectivity index (χ0) is 25.5. The van der Waals surface area contributed by atoms with E-state index in [2.05, 4.69) is 16.7 Å². The van der Waals surface area contributed by atoms with Gasteiger partial charge in [-0.05, 0) is 36.3 Å². The second-order valence-corrected chi connectivity index (χ2v) is 8.03. The highest BCUT2D eigenvalue weighted by Crippen LogP contribution is 2.24. The highest BCUT2D eigenvalue weighted by atomic mass is 16.5. The SMILES string of the molecule is CCc1ccccc1NC(=O)CN1C(=O)N/C(=C/c2ccccc2OCc2ccccc2C#N)C1=O. The number of benzene rings is 3. The fourth-order valence-corrected chi connectivity index (χ4v) is 3.80. The lowest BCUT2D eigenvalue weighted by atomic mass is 10.1. The summed E-state index contributed by atoms with van der Waals surface area (Å²) in [6.45, 7) is 1.72. The summed E-state index contributed by atoms with van der Waals surface area (Å²) >= 11 is 0. The number of urea groups is 1. The summed E-state index contributed by atoms with van der Waals surface area (Å²) in [7, 11) is 0. The van der Waals surface area contributed by atoms with Crippen LogP contribution < -0.4 is 15.4 Å². The number of carbonyl (C=O) groups is 3. The monoisotopic (exact) mass is 480 g/mol. The predicted molar refractivity (Wildman–Crippen MR) is 135 cm³/mol. The number of nitrogens with zero attached hydrogens (tertiary/aromatic N) is 2. The molecule has 2 N–H and O–H groups in total. The van der Waals surface area contributed by atoms with Gasteiger partial charge in [0.15, 0.2) is 0 Å². The Morgan fingerprint density at radius 1 is 1.03 bits per heavy atom. The van der Waals surface area contributed by atoms with Crippen molar-refractivity contribution in [2.24, 2.45) is 0 Å². The van der Waals surface area contributed by atoms with Crippen molar-refractivity contribution >= 4 is 29.6 Å². The average molecular weight is 481 g/mol. The molecule has 3 aromatic rings. The first-order valence-electron chi connectivity index (χ1n) is 11.4. The minimum Gasteiger partial charge on any atom is -0.488 e. The van der Waals surface area contributed by atoms with Crippen LogP contribution in [0.25, 0.3) is 6.08 Å². The van der Waals surface area contributed by atoms with Crippen molar-refractivity contribution in [3.63, 3.8) is 0 Å². The Labute approximate surface area is 208 Å². The molecule has 8 nitrogen and oxygen atoms in total. The Bertz CT molecular complexity index is 1390. The number of imide groups is 1. The zero-order valence-electron chi connectivity index (χ0n) is 19.7. The maximum atomic E-state index is 12.9. The van der Waals surface area contributed by atoms with E-state index >= 15 is 0 Å². The molecule has 4 rings (SSSR count). The third kappa shape index (κ3) is 5.42. The zero-order valence-corrected chi connectivity index (χ0v) is 19.7. The van der Waals surface area contributed by atoms with Gasteiger partial charge in [-0.1, -0.05) is 61.5 Å².